The predicted molar refractivity (Wildman–Crippen MR) is 147 cm³/mol. The first-order valence-corrected chi connectivity index (χ1v) is 14.7. The Labute approximate surface area is 224 Å². The van der Waals surface area contributed by atoms with E-state index in [2.05, 4.69) is 4.99 Å². The van der Waals surface area contributed by atoms with E-state index in [1.165, 1.54) is 11.8 Å². The number of aliphatic imine (C=N–C) groups is 1. The fourth-order valence-electron chi connectivity index (χ4n) is 4.34. The van der Waals surface area contributed by atoms with Gasteiger partial charge in [-0.2, -0.15) is 4.99 Å². The van der Waals surface area contributed by atoms with Crippen LogP contribution in [-0.2, 0) is 21.1 Å². The van der Waals surface area contributed by atoms with Gasteiger partial charge in [0.05, 0.1) is 29.7 Å². The Hall–Kier alpha value is -2.52. The number of aryl methyl sites for hydroxylation is 1. The van der Waals surface area contributed by atoms with E-state index in [0.717, 1.165) is 11.1 Å². The maximum absolute atomic E-state index is 12.9. The fourth-order valence-corrected chi connectivity index (χ4v) is 8.56. The summed E-state index contributed by atoms with van der Waals surface area (Å²) in [6.07, 6.45) is 0.102. The van der Waals surface area contributed by atoms with Crippen LogP contribution in [-0.4, -0.2) is 42.3 Å². The van der Waals surface area contributed by atoms with Crippen molar-refractivity contribution in [1.82, 2.24) is 0 Å². The van der Waals surface area contributed by atoms with Gasteiger partial charge in [0, 0.05) is 15.3 Å². The highest BCUT2D eigenvalue weighted by Crippen LogP contribution is 2.45. The van der Waals surface area contributed by atoms with Crippen LogP contribution >= 0.6 is 35.0 Å². The molecular formula is C26H22Cl2N2O4S2. The van der Waals surface area contributed by atoms with Gasteiger partial charge in [-0.15, -0.1) is 0 Å². The first-order valence-electron chi connectivity index (χ1n) is 11.2. The third-order valence-electron chi connectivity index (χ3n) is 5.95. The van der Waals surface area contributed by atoms with Crippen molar-refractivity contribution in [3.8, 4) is 11.5 Å². The van der Waals surface area contributed by atoms with Crippen LogP contribution < -0.4 is 9.64 Å². The summed E-state index contributed by atoms with van der Waals surface area (Å²) in [6, 6.07) is 19.4. The molecule has 0 spiro atoms. The van der Waals surface area contributed by atoms with Crippen LogP contribution in [0.4, 0.5) is 5.69 Å². The molecular weight excluding hydrogens is 539 g/mol. The van der Waals surface area contributed by atoms with Gasteiger partial charge in [-0.1, -0.05) is 59.2 Å². The lowest BCUT2D eigenvalue weighted by Gasteiger charge is -2.27. The number of nitrogens with zero attached hydrogens (tertiary/aromatic N) is 2. The van der Waals surface area contributed by atoms with Crippen LogP contribution in [0.2, 0.25) is 10.0 Å². The SMILES string of the molecule is Cc1cccc(Oc2ccc(Cl)cc2N2C(=NC(=O)Cc3ccc(Cl)cc3)S[C@H]3CS(=O)(=O)C[C@@H]32)c1. The summed E-state index contributed by atoms with van der Waals surface area (Å²) in [5, 5.41) is 1.24. The van der Waals surface area contributed by atoms with Gasteiger partial charge in [0.2, 0.25) is 0 Å². The van der Waals surface area contributed by atoms with E-state index in [1.807, 2.05) is 31.2 Å². The van der Waals surface area contributed by atoms with E-state index in [0.29, 0.717) is 32.4 Å². The summed E-state index contributed by atoms with van der Waals surface area (Å²) >= 11 is 13.6. The average molecular weight is 562 g/mol. The van der Waals surface area contributed by atoms with Crippen molar-refractivity contribution in [3.05, 3.63) is 87.9 Å². The normalized spacial score (nSPS) is 21.5. The summed E-state index contributed by atoms with van der Waals surface area (Å²) in [4.78, 5) is 19.1. The molecule has 2 saturated heterocycles. The molecule has 186 valence electrons. The molecule has 5 rings (SSSR count). The molecule has 2 fully saturated rings. The number of amides is 1. The maximum Gasteiger partial charge on any atom is 0.252 e. The second-order valence-corrected chi connectivity index (χ2v) is 13.0. The number of ether oxygens (including phenoxy) is 1. The van der Waals surface area contributed by atoms with E-state index in [1.54, 1.807) is 47.4 Å². The highest BCUT2D eigenvalue weighted by atomic mass is 35.5. The molecule has 2 atom stereocenters. The number of hydrogen-bond donors (Lipinski definition) is 0. The quantitative estimate of drug-likeness (QED) is 0.384. The van der Waals surface area contributed by atoms with Crippen LogP contribution in [0.15, 0.2) is 71.7 Å². The number of amidine groups is 1. The highest BCUT2D eigenvalue weighted by Gasteiger charge is 2.50. The molecule has 2 aliphatic heterocycles. The van der Waals surface area contributed by atoms with E-state index in [9.17, 15) is 13.2 Å². The molecule has 0 N–H and O–H groups in total. The van der Waals surface area contributed by atoms with E-state index >= 15 is 0 Å². The van der Waals surface area contributed by atoms with Gasteiger partial charge in [0.1, 0.15) is 5.75 Å². The minimum atomic E-state index is -3.23. The smallest absolute Gasteiger partial charge is 0.252 e. The van der Waals surface area contributed by atoms with Crippen molar-refractivity contribution >= 4 is 61.6 Å². The molecule has 0 aliphatic carbocycles. The number of halogens is 2. The number of carbonyl (C=O) groups is 1. The van der Waals surface area contributed by atoms with Gasteiger partial charge in [-0.3, -0.25) is 4.79 Å². The summed E-state index contributed by atoms with van der Waals surface area (Å²) in [5.74, 6) is 0.783. The number of anilines is 1. The van der Waals surface area contributed by atoms with Crippen molar-refractivity contribution in [2.75, 3.05) is 16.4 Å². The lowest BCUT2D eigenvalue weighted by atomic mass is 10.1. The lowest BCUT2D eigenvalue weighted by Crippen LogP contribution is -2.38. The van der Waals surface area contributed by atoms with Crippen molar-refractivity contribution in [2.24, 2.45) is 4.99 Å². The molecule has 3 aromatic rings. The number of benzene rings is 3. The summed E-state index contributed by atoms with van der Waals surface area (Å²) in [6.45, 7) is 1.97. The summed E-state index contributed by atoms with van der Waals surface area (Å²) in [7, 11) is -3.23. The van der Waals surface area contributed by atoms with E-state index in [4.69, 9.17) is 27.9 Å². The minimum Gasteiger partial charge on any atom is -0.455 e. The van der Waals surface area contributed by atoms with Gasteiger partial charge >= 0.3 is 0 Å². The molecule has 0 unspecified atom stereocenters. The van der Waals surface area contributed by atoms with Crippen molar-refractivity contribution in [2.45, 2.75) is 24.6 Å². The molecule has 2 heterocycles. The zero-order valence-electron chi connectivity index (χ0n) is 19.2. The Morgan fingerprint density at radius 1 is 1.06 bits per heavy atom. The van der Waals surface area contributed by atoms with Gasteiger partial charge in [0.15, 0.2) is 20.8 Å². The average Bonchev–Trinajstić information content (AvgIpc) is 3.27. The Kier molecular flexibility index (Phi) is 7.05. The molecule has 0 aromatic heterocycles. The topological polar surface area (TPSA) is 76.0 Å². The number of rotatable bonds is 5. The zero-order chi connectivity index (χ0) is 25.4. The first kappa shape index (κ1) is 25.1. The second kappa shape index (κ2) is 10.1. The zero-order valence-corrected chi connectivity index (χ0v) is 22.4. The number of hydrogen-bond acceptors (Lipinski definition) is 5. The summed E-state index contributed by atoms with van der Waals surface area (Å²) in [5.41, 5.74) is 2.40. The highest BCUT2D eigenvalue weighted by molar-refractivity contribution is 8.16. The molecule has 1 amide bonds. The molecule has 6 nitrogen and oxygen atoms in total. The largest absolute Gasteiger partial charge is 0.455 e. The van der Waals surface area contributed by atoms with Crippen LogP contribution in [0.1, 0.15) is 11.1 Å². The number of thioether (sulfide) groups is 1. The minimum absolute atomic E-state index is 0.0257. The number of sulfone groups is 1. The van der Waals surface area contributed by atoms with Gasteiger partial charge in [0.25, 0.3) is 5.91 Å². The molecule has 0 radical (unpaired) electrons. The third kappa shape index (κ3) is 5.57. The van der Waals surface area contributed by atoms with Crippen LogP contribution in [0, 0.1) is 6.92 Å². The molecule has 2 aliphatic rings. The monoisotopic (exact) mass is 560 g/mol. The molecule has 10 heteroatoms. The Bertz CT molecular complexity index is 1460. The Balaban J connectivity index is 1.52. The van der Waals surface area contributed by atoms with E-state index < -0.39 is 9.84 Å². The second-order valence-electron chi connectivity index (χ2n) is 8.79. The van der Waals surface area contributed by atoms with Gasteiger partial charge in [-0.25, -0.2) is 8.42 Å². The van der Waals surface area contributed by atoms with Crippen molar-refractivity contribution in [1.29, 1.82) is 0 Å². The van der Waals surface area contributed by atoms with Crippen molar-refractivity contribution in [3.63, 3.8) is 0 Å². The van der Waals surface area contributed by atoms with Crippen LogP contribution in [0.25, 0.3) is 0 Å². The Morgan fingerprint density at radius 2 is 1.81 bits per heavy atom. The molecule has 0 bridgehead atoms. The first-order chi connectivity index (χ1) is 17.2. The standard InChI is InChI=1S/C26H22Cl2N2O4S2/c1-16-3-2-4-20(11-16)34-23-10-9-19(28)13-21(23)30-22-14-36(32,33)15-24(22)35-26(30)29-25(31)12-17-5-7-18(27)8-6-17/h2-11,13,22,24H,12,14-15H2,1H3/t22-,24-/m0/s1. The third-order valence-corrected chi connectivity index (χ3v) is 9.65. The molecule has 0 saturated carbocycles. The molecule has 3 aromatic carbocycles. The summed E-state index contributed by atoms with van der Waals surface area (Å²) < 4.78 is 31.2. The Morgan fingerprint density at radius 3 is 2.56 bits per heavy atom. The van der Waals surface area contributed by atoms with Crippen LogP contribution in [0.5, 0.6) is 11.5 Å². The van der Waals surface area contributed by atoms with E-state index in [-0.39, 0.29) is 35.1 Å². The van der Waals surface area contributed by atoms with Crippen molar-refractivity contribution < 1.29 is 17.9 Å². The van der Waals surface area contributed by atoms with Gasteiger partial charge < -0.3 is 9.64 Å². The number of carbonyl (C=O) groups excluding carboxylic acids is 1. The maximum atomic E-state index is 12.9. The fraction of sp³-hybridized carbons (Fsp3) is 0.231. The van der Waals surface area contributed by atoms with Crippen LogP contribution in [0.3, 0.4) is 0 Å². The number of fused-ring (bicyclic) bond motifs is 1. The van der Waals surface area contributed by atoms with Gasteiger partial charge in [-0.05, 0) is 60.5 Å². The molecule has 36 heavy (non-hydrogen) atoms. The lowest BCUT2D eigenvalue weighted by molar-refractivity contribution is -0.117. The predicted octanol–water partition coefficient (Wildman–Crippen LogP) is 5.94.